The van der Waals surface area contributed by atoms with E-state index >= 15 is 0 Å². The highest BCUT2D eigenvalue weighted by Gasteiger charge is 2.51. The maximum atomic E-state index is 14.4. The van der Waals surface area contributed by atoms with Crippen molar-refractivity contribution in [1.29, 1.82) is 0 Å². The number of aromatic amines is 1. The van der Waals surface area contributed by atoms with Crippen molar-refractivity contribution in [2.24, 2.45) is 23.7 Å². The average molecular weight is 586 g/mol. The third-order valence-electron chi connectivity index (χ3n) is 10.3. The summed E-state index contributed by atoms with van der Waals surface area (Å²) in [4.78, 5) is 45.1. The van der Waals surface area contributed by atoms with Gasteiger partial charge in [-0.3, -0.25) is 4.79 Å². The first-order valence-corrected chi connectivity index (χ1v) is 15.5. The Morgan fingerprint density at radius 3 is 2.33 bits per heavy atom. The number of fused-ring (bicyclic) bond motifs is 1. The summed E-state index contributed by atoms with van der Waals surface area (Å²) >= 11 is 0. The van der Waals surface area contributed by atoms with Crippen molar-refractivity contribution in [3.63, 3.8) is 0 Å². The first-order valence-electron chi connectivity index (χ1n) is 15.5. The topological polar surface area (TPSA) is 121 Å². The summed E-state index contributed by atoms with van der Waals surface area (Å²) < 4.78 is 12.2. The van der Waals surface area contributed by atoms with Crippen LogP contribution in [0.15, 0.2) is 60.8 Å². The molecular formula is C34H39N3O6. The minimum Gasteiger partial charge on any atom is -0.488 e. The smallest absolute Gasteiger partial charge is 0.408 e. The van der Waals surface area contributed by atoms with Gasteiger partial charge in [0.1, 0.15) is 29.5 Å². The summed E-state index contributed by atoms with van der Waals surface area (Å²) in [6.07, 6.45) is 6.64. The number of H-pyrrole nitrogens is 1. The molecule has 4 bridgehead atoms. The molecule has 0 spiro atoms. The van der Waals surface area contributed by atoms with Crippen molar-refractivity contribution < 1.29 is 29.0 Å². The molecule has 8 rings (SSSR count). The van der Waals surface area contributed by atoms with Gasteiger partial charge in [-0.05, 0) is 86.5 Å². The number of hydrogen-bond acceptors (Lipinski definition) is 5. The molecule has 2 heterocycles. The molecule has 1 aliphatic heterocycles. The van der Waals surface area contributed by atoms with Crippen LogP contribution in [0.5, 0.6) is 5.75 Å². The highest BCUT2D eigenvalue weighted by atomic mass is 16.6. The molecule has 9 heteroatoms. The van der Waals surface area contributed by atoms with E-state index in [-0.39, 0.29) is 25.5 Å². The first-order chi connectivity index (χ1) is 20.8. The van der Waals surface area contributed by atoms with E-state index in [4.69, 9.17) is 9.47 Å². The number of carboxylic acids is 1. The Bertz CT molecular complexity index is 1490. The summed E-state index contributed by atoms with van der Waals surface area (Å²) in [5, 5.41) is 14.0. The number of carbonyl (C=O) groups is 3. The maximum absolute atomic E-state index is 14.4. The number of aromatic nitrogens is 1. The highest BCUT2D eigenvalue weighted by Crippen LogP contribution is 2.54. The molecule has 226 valence electrons. The number of para-hydroxylation sites is 2. The Hall–Kier alpha value is -4.01. The lowest BCUT2D eigenvalue weighted by atomic mass is 9.55. The average Bonchev–Trinajstić information content (AvgIpc) is 3.59. The molecule has 4 aliphatic carbocycles. The van der Waals surface area contributed by atoms with Crippen LogP contribution in [0.2, 0.25) is 0 Å². The number of alkyl carbamates (subject to hydrolysis) is 1. The number of aliphatic carboxylic acids is 1. The van der Waals surface area contributed by atoms with E-state index in [9.17, 15) is 19.5 Å². The fourth-order valence-corrected chi connectivity index (χ4v) is 8.63. The van der Waals surface area contributed by atoms with Gasteiger partial charge in [0.25, 0.3) is 0 Å². The van der Waals surface area contributed by atoms with Gasteiger partial charge in [-0.15, -0.1) is 0 Å². The number of hydrogen-bond donors (Lipinski definition) is 3. The molecule has 1 saturated heterocycles. The lowest BCUT2D eigenvalue weighted by Crippen LogP contribution is -2.61. The number of nitrogens with one attached hydrogen (secondary N) is 2. The quantitative estimate of drug-likeness (QED) is 0.336. The second-order valence-electron chi connectivity index (χ2n) is 13.4. The van der Waals surface area contributed by atoms with E-state index in [0.717, 1.165) is 54.0 Å². The predicted molar refractivity (Wildman–Crippen MR) is 159 cm³/mol. The summed E-state index contributed by atoms with van der Waals surface area (Å²) in [5.74, 6) is 1.29. The van der Waals surface area contributed by atoms with Gasteiger partial charge in [-0.25, -0.2) is 9.59 Å². The van der Waals surface area contributed by atoms with Crippen LogP contribution in [0, 0.1) is 23.7 Å². The zero-order valence-corrected chi connectivity index (χ0v) is 24.4. The molecule has 0 unspecified atom stereocenters. The normalized spacial score (nSPS) is 30.6. The van der Waals surface area contributed by atoms with Gasteiger partial charge in [-0.1, -0.05) is 36.4 Å². The van der Waals surface area contributed by atoms with Gasteiger partial charge in [0.05, 0.1) is 6.54 Å². The van der Waals surface area contributed by atoms with Crippen molar-refractivity contribution in [2.45, 2.75) is 75.7 Å². The summed E-state index contributed by atoms with van der Waals surface area (Å²) in [5.41, 5.74) is 0.317. The van der Waals surface area contributed by atoms with Gasteiger partial charge >= 0.3 is 12.1 Å². The van der Waals surface area contributed by atoms with Crippen LogP contribution in [0.25, 0.3) is 10.9 Å². The van der Waals surface area contributed by atoms with Crippen molar-refractivity contribution >= 4 is 28.9 Å². The van der Waals surface area contributed by atoms with Gasteiger partial charge in [0.15, 0.2) is 0 Å². The van der Waals surface area contributed by atoms with Crippen molar-refractivity contribution in [2.75, 3.05) is 6.54 Å². The summed E-state index contributed by atoms with van der Waals surface area (Å²) in [6.45, 7) is 1.78. The number of ether oxygens (including phenoxy) is 2. The summed E-state index contributed by atoms with van der Waals surface area (Å²) in [7, 11) is 0. The molecule has 9 nitrogen and oxygen atoms in total. The molecule has 5 fully saturated rings. The largest absolute Gasteiger partial charge is 0.488 e. The lowest BCUT2D eigenvalue weighted by Gasteiger charge is -2.53. The van der Waals surface area contributed by atoms with Gasteiger partial charge in [0, 0.05) is 29.9 Å². The molecule has 2 amide bonds. The second-order valence-corrected chi connectivity index (χ2v) is 13.4. The van der Waals surface area contributed by atoms with E-state index in [1.165, 1.54) is 11.3 Å². The van der Waals surface area contributed by atoms with Crippen molar-refractivity contribution in [1.82, 2.24) is 15.2 Å². The van der Waals surface area contributed by atoms with Crippen LogP contribution in [0.4, 0.5) is 4.79 Å². The number of nitrogens with zero attached hydrogens (tertiary/aromatic N) is 1. The van der Waals surface area contributed by atoms with Gasteiger partial charge in [-0.2, -0.15) is 0 Å². The van der Waals surface area contributed by atoms with E-state index in [1.54, 1.807) is 6.92 Å². The fourth-order valence-electron chi connectivity index (χ4n) is 8.63. The molecule has 0 radical (unpaired) electrons. The molecule has 3 atom stereocenters. The Morgan fingerprint density at radius 2 is 1.63 bits per heavy atom. The zero-order valence-electron chi connectivity index (χ0n) is 24.4. The second kappa shape index (κ2) is 10.9. The summed E-state index contributed by atoms with van der Waals surface area (Å²) in [6, 6.07) is 15.9. The van der Waals surface area contributed by atoms with Gasteiger partial charge in [0.2, 0.25) is 5.91 Å². The molecule has 5 aliphatic rings. The lowest BCUT2D eigenvalue weighted by molar-refractivity contribution is -0.151. The van der Waals surface area contributed by atoms with Crippen LogP contribution >= 0.6 is 0 Å². The Kier molecular flexibility index (Phi) is 7.06. The van der Waals surface area contributed by atoms with Crippen LogP contribution < -0.4 is 10.1 Å². The molecular weight excluding hydrogens is 546 g/mol. The number of benzene rings is 2. The molecule has 3 aromatic rings. The SMILES string of the molecule is C[C@@](Cc1c[nH]c2ccccc12)(NC(=O)OC1C2CC3CC(C2)CC1C3)C(=O)N1C[C@H](Oc2ccccc2)C[C@H]1C(=O)O. The Balaban J connectivity index is 1.14. The van der Waals surface area contributed by atoms with Crippen LogP contribution in [0.1, 0.15) is 51.0 Å². The predicted octanol–water partition coefficient (Wildman–Crippen LogP) is 5.15. The zero-order chi connectivity index (χ0) is 29.7. The number of carbonyl (C=O) groups excluding carboxylic acids is 2. The van der Waals surface area contributed by atoms with Crippen molar-refractivity contribution in [3.05, 3.63) is 66.4 Å². The number of rotatable bonds is 8. The number of amides is 2. The maximum Gasteiger partial charge on any atom is 0.408 e. The van der Waals surface area contributed by atoms with E-state index in [2.05, 4.69) is 10.3 Å². The minimum absolute atomic E-state index is 0.0977. The number of likely N-dealkylation sites (tertiary alicyclic amines) is 1. The van der Waals surface area contributed by atoms with Gasteiger partial charge < -0.3 is 29.8 Å². The third kappa shape index (κ3) is 5.34. The molecule has 4 saturated carbocycles. The molecule has 1 aromatic heterocycles. The minimum atomic E-state index is -1.46. The van der Waals surface area contributed by atoms with Crippen LogP contribution in [-0.2, 0) is 20.7 Å². The standard InChI is InChI=1S/C34H39N3O6/c1-34(17-24-18-35-28-10-6-5-9-27(24)28,36-33(41)43-30-22-12-20-11-21(14-22)15-23(30)13-20)32(40)37-19-26(16-29(37)31(38)39)42-25-7-3-2-4-8-25/h2-10,18,20-23,26,29-30,35H,11-17,19H2,1H3,(H,36,41)(H,38,39)/t20?,21?,22?,23?,26-,29+,30?,34+/m1/s1. The van der Waals surface area contributed by atoms with Crippen molar-refractivity contribution in [3.8, 4) is 5.75 Å². The molecule has 3 N–H and O–H groups in total. The Labute approximate surface area is 250 Å². The first kappa shape index (κ1) is 27.8. The molecule has 2 aromatic carbocycles. The Morgan fingerprint density at radius 1 is 0.953 bits per heavy atom. The fraction of sp³-hybridized carbons (Fsp3) is 0.500. The van der Waals surface area contributed by atoms with Crippen LogP contribution in [0.3, 0.4) is 0 Å². The third-order valence-corrected chi connectivity index (χ3v) is 10.3. The molecule has 43 heavy (non-hydrogen) atoms. The van der Waals surface area contributed by atoms with E-state index in [0.29, 0.717) is 17.6 Å². The van der Waals surface area contributed by atoms with Crippen LogP contribution in [-0.4, -0.2) is 63.3 Å². The van der Waals surface area contributed by atoms with E-state index < -0.39 is 35.7 Å². The highest BCUT2D eigenvalue weighted by molar-refractivity contribution is 5.94. The van der Waals surface area contributed by atoms with E-state index in [1.807, 2.05) is 60.8 Å². The number of carboxylic acid groups (broad SMARTS) is 1. The monoisotopic (exact) mass is 585 g/mol.